The van der Waals surface area contributed by atoms with Gasteiger partial charge in [0.05, 0.1) is 19.3 Å². The van der Waals surface area contributed by atoms with Crippen LogP contribution in [-0.4, -0.2) is 36.3 Å². The summed E-state index contributed by atoms with van der Waals surface area (Å²) in [4.78, 5) is 8.08. The maximum absolute atomic E-state index is 5.91. The number of aromatic nitrogens is 2. The van der Waals surface area contributed by atoms with Gasteiger partial charge in [-0.3, -0.25) is 0 Å². The smallest absolute Gasteiger partial charge is 0.242 e. The summed E-state index contributed by atoms with van der Waals surface area (Å²) in [5.41, 5.74) is 6.35. The molecule has 1 aliphatic carbocycles. The van der Waals surface area contributed by atoms with Crippen LogP contribution in [0.5, 0.6) is 5.88 Å². The molecule has 0 aliphatic heterocycles. The van der Waals surface area contributed by atoms with Crippen LogP contribution in [0.25, 0.3) is 0 Å². The zero-order valence-electron chi connectivity index (χ0n) is 10.1. The lowest BCUT2D eigenvalue weighted by Gasteiger charge is -2.21. The van der Waals surface area contributed by atoms with Crippen molar-refractivity contribution in [2.75, 3.05) is 25.3 Å². The summed E-state index contributed by atoms with van der Waals surface area (Å²) in [5.74, 6) is 1.01. The number of anilines is 2. The van der Waals surface area contributed by atoms with E-state index in [1.165, 1.54) is 13.4 Å². The second kappa shape index (κ2) is 5.18. The zero-order chi connectivity index (χ0) is 12.3. The standard InChI is InChI=1S/C11H18N4O2/c1-16-8-5-3-4-7(8)15-10-9(12)11(17-2)14-6-13-10/h6-8H,3-5,12H2,1-2H3,(H,13,14,15). The SMILES string of the molecule is COc1ncnc(NC2CCCC2OC)c1N. The summed E-state index contributed by atoms with van der Waals surface area (Å²) in [7, 11) is 3.27. The molecule has 0 amide bonds. The Bertz CT molecular complexity index is 386. The maximum atomic E-state index is 5.91. The average Bonchev–Trinajstić information content (AvgIpc) is 2.79. The Balaban J connectivity index is 2.13. The quantitative estimate of drug-likeness (QED) is 0.815. The Hall–Kier alpha value is -1.56. The lowest BCUT2D eigenvalue weighted by atomic mass is 10.2. The lowest BCUT2D eigenvalue weighted by Crippen LogP contribution is -2.30. The molecular weight excluding hydrogens is 220 g/mol. The second-order valence-corrected chi connectivity index (χ2v) is 4.10. The first-order valence-electron chi connectivity index (χ1n) is 5.70. The van der Waals surface area contributed by atoms with Gasteiger partial charge in [0.15, 0.2) is 5.82 Å². The van der Waals surface area contributed by atoms with Crippen molar-refractivity contribution < 1.29 is 9.47 Å². The molecule has 0 saturated heterocycles. The number of nitrogens with two attached hydrogens (primary N) is 1. The highest BCUT2D eigenvalue weighted by molar-refractivity contribution is 5.66. The summed E-state index contributed by atoms with van der Waals surface area (Å²) in [6, 6.07) is 0.252. The van der Waals surface area contributed by atoms with Crippen LogP contribution < -0.4 is 15.8 Å². The van der Waals surface area contributed by atoms with Crippen molar-refractivity contribution in [3.63, 3.8) is 0 Å². The number of methoxy groups -OCH3 is 2. The highest BCUT2D eigenvalue weighted by Crippen LogP contribution is 2.29. The van der Waals surface area contributed by atoms with E-state index in [2.05, 4.69) is 15.3 Å². The van der Waals surface area contributed by atoms with Gasteiger partial charge in [0.2, 0.25) is 5.88 Å². The third-order valence-corrected chi connectivity index (χ3v) is 3.12. The molecule has 0 spiro atoms. The van der Waals surface area contributed by atoms with Gasteiger partial charge in [-0.25, -0.2) is 4.98 Å². The zero-order valence-corrected chi connectivity index (χ0v) is 10.1. The molecule has 1 fully saturated rings. The van der Waals surface area contributed by atoms with Gasteiger partial charge in [0, 0.05) is 7.11 Å². The van der Waals surface area contributed by atoms with E-state index in [0.29, 0.717) is 17.4 Å². The van der Waals surface area contributed by atoms with Crippen molar-refractivity contribution in [2.45, 2.75) is 31.4 Å². The van der Waals surface area contributed by atoms with E-state index in [0.717, 1.165) is 19.3 Å². The Morgan fingerprint density at radius 3 is 2.88 bits per heavy atom. The topological polar surface area (TPSA) is 82.3 Å². The first kappa shape index (κ1) is 11.9. The largest absolute Gasteiger partial charge is 0.479 e. The molecule has 94 valence electrons. The van der Waals surface area contributed by atoms with Crippen LogP contribution in [0.2, 0.25) is 0 Å². The number of ether oxygens (including phenoxy) is 2. The van der Waals surface area contributed by atoms with Gasteiger partial charge in [0.25, 0.3) is 0 Å². The number of rotatable bonds is 4. The fourth-order valence-electron chi connectivity index (χ4n) is 2.21. The van der Waals surface area contributed by atoms with Crippen molar-refractivity contribution in [3.05, 3.63) is 6.33 Å². The molecule has 6 nitrogen and oxygen atoms in total. The number of hydrogen-bond acceptors (Lipinski definition) is 6. The Morgan fingerprint density at radius 1 is 1.35 bits per heavy atom. The fourth-order valence-corrected chi connectivity index (χ4v) is 2.21. The molecule has 1 aromatic heterocycles. The predicted octanol–water partition coefficient (Wildman–Crippen LogP) is 1.05. The summed E-state index contributed by atoms with van der Waals surface area (Å²) in [6.07, 6.45) is 4.93. The molecular formula is C11H18N4O2. The van der Waals surface area contributed by atoms with Gasteiger partial charge in [-0.2, -0.15) is 4.98 Å². The molecule has 0 aromatic carbocycles. The van der Waals surface area contributed by atoms with Crippen molar-refractivity contribution in [2.24, 2.45) is 0 Å². The first-order valence-corrected chi connectivity index (χ1v) is 5.70. The number of nitrogens with zero attached hydrogens (tertiary/aromatic N) is 2. The molecule has 1 heterocycles. The van der Waals surface area contributed by atoms with E-state index in [-0.39, 0.29) is 12.1 Å². The van der Waals surface area contributed by atoms with Gasteiger partial charge in [-0.05, 0) is 19.3 Å². The third-order valence-electron chi connectivity index (χ3n) is 3.12. The molecule has 1 aromatic rings. The maximum Gasteiger partial charge on any atom is 0.242 e. The van der Waals surface area contributed by atoms with E-state index < -0.39 is 0 Å². The molecule has 1 aliphatic rings. The third kappa shape index (κ3) is 2.41. The van der Waals surface area contributed by atoms with Gasteiger partial charge < -0.3 is 20.5 Å². The summed E-state index contributed by atoms with van der Waals surface area (Å²) in [5, 5.41) is 3.30. The van der Waals surface area contributed by atoms with Crippen molar-refractivity contribution in [3.8, 4) is 5.88 Å². The van der Waals surface area contributed by atoms with Crippen LogP contribution in [0, 0.1) is 0 Å². The molecule has 17 heavy (non-hydrogen) atoms. The molecule has 1 saturated carbocycles. The Kier molecular flexibility index (Phi) is 3.63. The van der Waals surface area contributed by atoms with E-state index >= 15 is 0 Å². The minimum absolute atomic E-state index is 0.218. The molecule has 2 rings (SSSR count). The summed E-state index contributed by atoms with van der Waals surface area (Å²) in [6.45, 7) is 0. The molecule has 0 radical (unpaired) electrons. The highest BCUT2D eigenvalue weighted by Gasteiger charge is 2.28. The van der Waals surface area contributed by atoms with E-state index in [4.69, 9.17) is 15.2 Å². The molecule has 3 N–H and O–H groups in total. The van der Waals surface area contributed by atoms with Crippen LogP contribution in [0.1, 0.15) is 19.3 Å². The second-order valence-electron chi connectivity index (χ2n) is 4.10. The molecule has 2 atom stereocenters. The van der Waals surface area contributed by atoms with Crippen molar-refractivity contribution >= 4 is 11.5 Å². The average molecular weight is 238 g/mol. The number of hydrogen-bond donors (Lipinski definition) is 2. The van der Waals surface area contributed by atoms with Crippen LogP contribution >= 0.6 is 0 Å². The molecule has 0 bridgehead atoms. The van der Waals surface area contributed by atoms with Crippen LogP contribution in [0.4, 0.5) is 11.5 Å². The minimum Gasteiger partial charge on any atom is -0.479 e. The predicted molar refractivity (Wildman–Crippen MR) is 65.1 cm³/mol. The monoisotopic (exact) mass is 238 g/mol. The Morgan fingerprint density at radius 2 is 2.18 bits per heavy atom. The van der Waals surface area contributed by atoms with Gasteiger partial charge >= 0.3 is 0 Å². The number of nitrogen functional groups attached to an aromatic ring is 1. The van der Waals surface area contributed by atoms with Crippen LogP contribution in [-0.2, 0) is 4.74 Å². The van der Waals surface area contributed by atoms with Crippen LogP contribution in [0.3, 0.4) is 0 Å². The van der Waals surface area contributed by atoms with E-state index in [1.807, 2.05) is 0 Å². The van der Waals surface area contributed by atoms with Gasteiger partial charge in [-0.15, -0.1) is 0 Å². The van der Waals surface area contributed by atoms with Crippen molar-refractivity contribution in [1.82, 2.24) is 9.97 Å². The van der Waals surface area contributed by atoms with Gasteiger partial charge in [-0.1, -0.05) is 0 Å². The van der Waals surface area contributed by atoms with E-state index in [1.54, 1.807) is 7.11 Å². The fraction of sp³-hybridized carbons (Fsp3) is 0.636. The van der Waals surface area contributed by atoms with Gasteiger partial charge in [0.1, 0.15) is 12.0 Å². The first-order chi connectivity index (χ1) is 8.26. The Labute approximate surface area is 101 Å². The molecule has 6 heteroatoms. The molecule has 2 unspecified atom stereocenters. The van der Waals surface area contributed by atoms with Crippen LogP contribution in [0.15, 0.2) is 6.33 Å². The van der Waals surface area contributed by atoms with E-state index in [9.17, 15) is 0 Å². The lowest BCUT2D eigenvalue weighted by molar-refractivity contribution is 0.101. The summed E-state index contributed by atoms with van der Waals surface area (Å²) < 4.78 is 10.5. The van der Waals surface area contributed by atoms with Crippen molar-refractivity contribution in [1.29, 1.82) is 0 Å². The minimum atomic E-state index is 0.218. The number of nitrogens with one attached hydrogen (secondary N) is 1. The normalized spacial score (nSPS) is 23.6. The summed E-state index contributed by atoms with van der Waals surface area (Å²) >= 11 is 0. The highest BCUT2D eigenvalue weighted by atomic mass is 16.5.